The maximum atomic E-state index is 13.7. The van der Waals surface area contributed by atoms with Crippen molar-refractivity contribution < 1.29 is 33.4 Å². The second kappa shape index (κ2) is 19.8. The second-order valence-electron chi connectivity index (χ2n) is 13.0. The van der Waals surface area contributed by atoms with E-state index >= 15 is 0 Å². The van der Waals surface area contributed by atoms with Crippen LogP contribution in [0.25, 0.3) is 0 Å². The van der Waals surface area contributed by atoms with Crippen LogP contribution in [0.1, 0.15) is 67.7 Å². The minimum absolute atomic E-state index is 0.0400. The summed E-state index contributed by atoms with van der Waals surface area (Å²) in [6.45, 7) is 13.7. The number of ketones is 1. The van der Waals surface area contributed by atoms with Gasteiger partial charge in [0.25, 0.3) is 0 Å². The minimum atomic E-state index is -0.715. The van der Waals surface area contributed by atoms with Gasteiger partial charge in [0, 0.05) is 43.2 Å². The van der Waals surface area contributed by atoms with E-state index in [1.807, 2.05) is 65.0 Å². The molecule has 3 rings (SSSR count). The molecule has 268 valence electrons. The van der Waals surface area contributed by atoms with Crippen LogP contribution in [0, 0.1) is 23.7 Å². The van der Waals surface area contributed by atoms with Gasteiger partial charge in [-0.25, -0.2) is 33.5 Å². The molecule has 0 N–H and O–H groups in total. The summed E-state index contributed by atoms with van der Waals surface area (Å²) >= 11 is 0. The third kappa shape index (κ3) is 13.1. The number of rotatable bonds is 16. The zero-order chi connectivity index (χ0) is 36.6. The Morgan fingerprint density at radius 2 is 1.62 bits per heavy atom. The maximum absolute atomic E-state index is 13.7. The van der Waals surface area contributed by atoms with Gasteiger partial charge in [-0.2, -0.15) is 0 Å². The van der Waals surface area contributed by atoms with E-state index in [-0.39, 0.29) is 36.3 Å². The first-order chi connectivity index (χ1) is 23.8. The number of nitrogens with zero attached hydrogens (tertiary/aromatic N) is 4. The largest absolute Gasteiger partial charge is 0.455 e. The van der Waals surface area contributed by atoms with Gasteiger partial charge in [0.1, 0.15) is 37.3 Å². The highest BCUT2D eigenvalue weighted by atomic mass is 16.6. The summed E-state index contributed by atoms with van der Waals surface area (Å²) in [5.74, 6) is -1.30. The zero-order valence-electron chi connectivity index (χ0n) is 30.1. The highest BCUT2D eigenvalue weighted by Gasteiger charge is 2.34. The number of carbonyl (C=O) groups excluding carboxylic acids is 4. The van der Waals surface area contributed by atoms with E-state index in [1.54, 1.807) is 13.0 Å². The molecule has 0 bridgehead atoms. The molecule has 0 radical (unpaired) electrons. The van der Waals surface area contributed by atoms with Crippen LogP contribution in [0.3, 0.4) is 0 Å². The normalized spacial score (nSPS) is 18.8. The summed E-state index contributed by atoms with van der Waals surface area (Å²) in [4.78, 5) is 58.0. The Morgan fingerprint density at radius 3 is 2.26 bits per heavy atom. The van der Waals surface area contributed by atoms with Crippen LogP contribution in [-0.4, -0.2) is 61.9 Å². The molecule has 1 aliphatic rings. The average Bonchev–Trinajstić information content (AvgIpc) is 3.81. The Labute approximate surface area is 295 Å². The fraction of sp³-hybridized carbons (Fsp3) is 0.436. The molecule has 11 heteroatoms. The van der Waals surface area contributed by atoms with Crippen molar-refractivity contribution in [3.63, 3.8) is 0 Å². The average molecular weight is 687 g/mol. The lowest BCUT2D eigenvalue weighted by Gasteiger charge is -2.30. The Kier molecular flexibility index (Phi) is 15.6. The molecule has 1 unspecified atom stereocenters. The van der Waals surface area contributed by atoms with Crippen molar-refractivity contribution >= 4 is 23.9 Å². The fourth-order valence-electron chi connectivity index (χ4n) is 5.72. The highest BCUT2D eigenvalue weighted by molar-refractivity contribution is 5.85. The second-order valence-corrected chi connectivity index (χ2v) is 13.0. The van der Waals surface area contributed by atoms with Gasteiger partial charge >= 0.3 is 18.2 Å². The number of ether oxygens (including phenoxy) is 3. The van der Waals surface area contributed by atoms with Crippen molar-refractivity contribution in [2.75, 3.05) is 6.61 Å². The summed E-state index contributed by atoms with van der Waals surface area (Å²) < 4.78 is 19.0. The van der Waals surface area contributed by atoms with Crippen LogP contribution in [0.4, 0.5) is 9.59 Å². The molecule has 3 heterocycles. The molecule has 0 spiro atoms. The van der Waals surface area contributed by atoms with Crippen LogP contribution in [0.2, 0.25) is 0 Å². The third-order valence-electron chi connectivity index (χ3n) is 8.31. The number of imidazole rings is 2. The van der Waals surface area contributed by atoms with E-state index in [0.717, 1.165) is 23.1 Å². The van der Waals surface area contributed by atoms with Crippen LogP contribution in [0.15, 0.2) is 109 Å². The Balaban J connectivity index is 1.60. The molecular formula is C39H50N4O7. The Bertz CT molecular complexity index is 1610. The van der Waals surface area contributed by atoms with E-state index in [0.29, 0.717) is 12.8 Å². The van der Waals surface area contributed by atoms with Crippen molar-refractivity contribution in [2.45, 2.75) is 79.9 Å². The van der Waals surface area contributed by atoms with Crippen molar-refractivity contribution in [3.05, 3.63) is 109 Å². The van der Waals surface area contributed by atoms with Gasteiger partial charge in [-0.3, -0.25) is 4.79 Å². The summed E-state index contributed by atoms with van der Waals surface area (Å²) in [6.07, 6.45) is 25.8. The van der Waals surface area contributed by atoms with Gasteiger partial charge < -0.3 is 14.2 Å². The molecule has 6 atom stereocenters. The molecule has 0 saturated carbocycles. The molecule has 0 aliphatic carbocycles. The molecule has 0 amide bonds. The quantitative estimate of drug-likeness (QED) is 0.0750. The first-order valence-corrected chi connectivity index (χ1v) is 17.0. The first-order valence-electron chi connectivity index (χ1n) is 17.0. The summed E-state index contributed by atoms with van der Waals surface area (Å²) in [5, 5.41) is 0. The number of hydrogen-bond donors (Lipinski definition) is 0. The molecule has 0 aromatic carbocycles. The number of cyclic esters (lactones) is 1. The van der Waals surface area contributed by atoms with E-state index in [4.69, 9.17) is 14.2 Å². The van der Waals surface area contributed by atoms with Crippen LogP contribution in [-0.2, 0) is 23.8 Å². The molecule has 1 aliphatic heterocycles. The molecule has 0 fully saturated rings. The van der Waals surface area contributed by atoms with Crippen molar-refractivity contribution in [3.8, 4) is 0 Å². The molecular weight excluding hydrogens is 636 g/mol. The fourth-order valence-corrected chi connectivity index (χ4v) is 5.72. The van der Waals surface area contributed by atoms with Crippen LogP contribution in [0.5, 0.6) is 0 Å². The molecule has 0 saturated heterocycles. The number of allylic oxidation sites excluding steroid dienone is 8. The van der Waals surface area contributed by atoms with Crippen molar-refractivity contribution in [1.29, 1.82) is 0 Å². The monoisotopic (exact) mass is 686 g/mol. The topological polar surface area (TPSA) is 132 Å². The van der Waals surface area contributed by atoms with Gasteiger partial charge in [-0.05, 0) is 57.6 Å². The molecule has 11 nitrogen and oxygen atoms in total. The smallest absolute Gasteiger partial charge is 0.419 e. The zero-order valence-corrected chi connectivity index (χ0v) is 30.1. The lowest BCUT2D eigenvalue weighted by Crippen LogP contribution is -2.38. The summed E-state index contributed by atoms with van der Waals surface area (Å²) in [7, 11) is 0. The van der Waals surface area contributed by atoms with Crippen LogP contribution < -0.4 is 0 Å². The van der Waals surface area contributed by atoms with E-state index in [2.05, 4.69) is 29.0 Å². The van der Waals surface area contributed by atoms with Gasteiger partial charge in [-0.1, -0.05) is 80.9 Å². The number of carbonyl (C=O) groups is 4. The number of Topliss-reactive ketones (excluding diaryl/α,β-unsaturated/α-hetero) is 1. The Hall–Kier alpha value is -5.06. The molecule has 2 aromatic heterocycles. The number of esters is 1. The number of aromatic nitrogens is 4. The molecule has 2 aromatic rings. The Morgan fingerprint density at radius 1 is 0.960 bits per heavy atom. The lowest BCUT2D eigenvalue weighted by molar-refractivity contribution is -0.141. The SMILES string of the molecule is CC(=C/[C@H](C)C/C=C/C(C)=C/[C@@H](C)C(=O)[C@@H](C)[C@H](OC(=O)n1ccnc1)C(C)C/C(C)=C/COC(=O)n1ccnc1)/C=C/[C@H]1CC=CC(=O)O1. The van der Waals surface area contributed by atoms with Gasteiger partial charge in [0.2, 0.25) is 0 Å². The minimum Gasteiger partial charge on any atom is -0.455 e. The maximum Gasteiger partial charge on any atom is 0.419 e. The standard InChI is InChI=1S/C39H50N4O7/c1-27(22-29(3)14-15-34-12-9-13-35(44)49-34)10-8-11-28(2)23-31(5)36(45)33(7)37(50-39(47)43-20-18-41-26-43)32(6)24-30(4)16-21-48-38(46)42-19-17-40-25-42/h8-9,11,13-20,22-23,25-27,31-34,37H,10,12,21,24H2,1-7H3/b11-8+,15-14+,28-23+,29-22-,30-16+/t27-,31-,32?,33-,34-,37-/m1/s1. The lowest BCUT2D eigenvalue weighted by atomic mass is 9.82. The van der Waals surface area contributed by atoms with Gasteiger partial charge in [-0.15, -0.1) is 0 Å². The van der Waals surface area contributed by atoms with Gasteiger partial charge in [0.05, 0.1) is 5.92 Å². The van der Waals surface area contributed by atoms with E-state index < -0.39 is 30.1 Å². The first kappa shape index (κ1) is 39.4. The van der Waals surface area contributed by atoms with Gasteiger partial charge in [0.15, 0.2) is 0 Å². The van der Waals surface area contributed by atoms with Crippen molar-refractivity contribution in [1.82, 2.24) is 19.1 Å². The van der Waals surface area contributed by atoms with E-state index in [1.165, 1.54) is 52.7 Å². The predicted octanol–water partition coefficient (Wildman–Crippen LogP) is 7.83. The van der Waals surface area contributed by atoms with E-state index in [9.17, 15) is 19.2 Å². The third-order valence-corrected chi connectivity index (χ3v) is 8.31. The van der Waals surface area contributed by atoms with Crippen molar-refractivity contribution in [2.24, 2.45) is 23.7 Å². The summed E-state index contributed by atoms with van der Waals surface area (Å²) in [5.41, 5.74) is 2.98. The highest BCUT2D eigenvalue weighted by Crippen LogP contribution is 2.27. The number of hydrogen-bond acceptors (Lipinski definition) is 9. The summed E-state index contributed by atoms with van der Waals surface area (Å²) in [6, 6.07) is 0. The van der Waals surface area contributed by atoms with Crippen LogP contribution >= 0.6 is 0 Å². The predicted molar refractivity (Wildman–Crippen MR) is 191 cm³/mol. The molecule has 50 heavy (non-hydrogen) atoms.